The molecule has 3 aromatic rings. The van der Waals surface area contributed by atoms with Gasteiger partial charge in [-0.1, -0.05) is 0 Å². The van der Waals surface area contributed by atoms with Gasteiger partial charge in [0.05, 0.1) is 0 Å². The van der Waals surface area contributed by atoms with Gasteiger partial charge in [-0.15, -0.1) is 5.10 Å². The molecule has 0 aromatic carbocycles. The van der Waals surface area contributed by atoms with Gasteiger partial charge in [-0.25, -0.2) is 14.5 Å². The second-order valence-electron chi connectivity index (χ2n) is 4.90. The van der Waals surface area contributed by atoms with Crippen LogP contribution in [-0.4, -0.2) is 37.7 Å². The molecular formula is C14H14N6. The Hall–Kier alpha value is -2.50. The van der Waals surface area contributed by atoms with Crippen LogP contribution in [-0.2, 0) is 0 Å². The third-order valence-electron chi connectivity index (χ3n) is 3.55. The van der Waals surface area contributed by atoms with Gasteiger partial charge in [-0.3, -0.25) is 0 Å². The number of pyridine rings is 1. The molecule has 100 valence electrons. The Morgan fingerprint density at radius 3 is 2.70 bits per heavy atom. The number of rotatable bonds is 2. The molecule has 1 aliphatic heterocycles. The summed E-state index contributed by atoms with van der Waals surface area (Å²) in [4.78, 5) is 15.4. The van der Waals surface area contributed by atoms with Crippen LogP contribution < -0.4 is 4.90 Å². The molecule has 6 nitrogen and oxygen atoms in total. The van der Waals surface area contributed by atoms with Crippen LogP contribution in [0.2, 0.25) is 0 Å². The first-order chi connectivity index (χ1) is 9.90. The SMILES string of the molecule is c1cnc2nc(-c3ccc(N4CCCC4)nc3)nn2c1. The zero-order valence-corrected chi connectivity index (χ0v) is 11.0. The lowest BCUT2D eigenvalue weighted by atomic mass is 10.2. The van der Waals surface area contributed by atoms with Crippen molar-refractivity contribution >= 4 is 11.6 Å². The molecule has 0 saturated carbocycles. The third kappa shape index (κ3) is 1.89. The minimum Gasteiger partial charge on any atom is -0.357 e. The highest BCUT2D eigenvalue weighted by Crippen LogP contribution is 2.21. The van der Waals surface area contributed by atoms with E-state index in [1.54, 1.807) is 10.7 Å². The molecule has 4 rings (SSSR count). The van der Waals surface area contributed by atoms with Crippen LogP contribution in [0.5, 0.6) is 0 Å². The Balaban J connectivity index is 1.67. The van der Waals surface area contributed by atoms with Gasteiger partial charge in [0.2, 0.25) is 0 Å². The summed E-state index contributed by atoms with van der Waals surface area (Å²) in [5.74, 6) is 2.29. The maximum absolute atomic E-state index is 4.52. The summed E-state index contributed by atoms with van der Waals surface area (Å²) in [5, 5.41) is 4.40. The van der Waals surface area contributed by atoms with Crippen molar-refractivity contribution in [2.24, 2.45) is 0 Å². The minimum absolute atomic E-state index is 0.603. The molecule has 0 radical (unpaired) electrons. The summed E-state index contributed by atoms with van der Waals surface area (Å²) in [5.41, 5.74) is 0.915. The molecule has 3 aromatic heterocycles. The van der Waals surface area contributed by atoms with E-state index >= 15 is 0 Å². The summed E-state index contributed by atoms with van der Waals surface area (Å²) < 4.78 is 1.67. The average molecular weight is 266 g/mol. The number of nitrogens with zero attached hydrogens (tertiary/aromatic N) is 6. The lowest BCUT2D eigenvalue weighted by Crippen LogP contribution is -2.18. The fraction of sp³-hybridized carbons (Fsp3) is 0.286. The fourth-order valence-electron chi connectivity index (χ4n) is 2.51. The smallest absolute Gasteiger partial charge is 0.252 e. The van der Waals surface area contributed by atoms with E-state index in [0.717, 1.165) is 24.5 Å². The average Bonchev–Trinajstić information content (AvgIpc) is 3.17. The predicted octanol–water partition coefficient (Wildman–Crippen LogP) is 1.79. The van der Waals surface area contributed by atoms with Gasteiger partial charge in [-0.05, 0) is 31.0 Å². The Morgan fingerprint density at radius 1 is 1.05 bits per heavy atom. The molecule has 0 amide bonds. The van der Waals surface area contributed by atoms with Crippen molar-refractivity contribution in [1.29, 1.82) is 0 Å². The van der Waals surface area contributed by atoms with Crippen molar-refractivity contribution in [3.05, 3.63) is 36.8 Å². The Morgan fingerprint density at radius 2 is 1.95 bits per heavy atom. The number of aromatic nitrogens is 5. The van der Waals surface area contributed by atoms with E-state index in [1.165, 1.54) is 12.8 Å². The van der Waals surface area contributed by atoms with Crippen LogP contribution in [0.3, 0.4) is 0 Å². The first kappa shape index (κ1) is 11.3. The normalized spacial score (nSPS) is 15.1. The molecule has 0 aliphatic carbocycles. The molecule has 0 atom stereocenters. The molecule has 4 heterocycles. The molecule has 0 bridgehead atoms. The molecule has 0 N–H and O–H groups in total. The molecule has 6 heteroatoms. The van der Waals surface area contributed by atoms with Gasteiger partial charge >= 0.3 is 0 Å². The molecule has 0 spiro atoms. The minimum atomic E-state index is 0.603. The van der Waals surface area contributed by atoms with E-state index in [4.69, 9.17) is 0 Å². The quantitative estimate of drug-likeness (QED) is 0.707. The monoisotopic (exact) mass is 266 g/mol. The number of hydrogen-bond donors (Lipinski definition) is 0. The van der Waals surface area contributed by atoms with Crippen LogP contribution in [0.1, 0.15) is 12.8 Å². The highest BCUT2D eigenvalue weighted by molar-refractivity contribution is 5.58. The fourth-order valence-corrected chi connectivity index (χ4v) is 2.51. The van der Waals surface area contributed by atoms with Crippen LogP contribution in [0.4, 0.5) is 5.82 Å². The largest absolute Gasteiger partial charge is 0.357 e. The topological polar surface area (TPSA) is 59.2 Å². The van der Waals surface area contributed by atoms with Gasteiger partial charge in [0.15, 0.2) is 5.82 Å². The number of anilines is 1. The van der Waals surface area contributed by atoms with Gasteiger partial charge in [0, 0.05) is 37.2 Å². The summed E-state index contributed by atoms with van der Waals surface area (Å²) >= 11 is 0. The lowest BCUT2D eigenvalue weighted by Gasteiger charge is -2.15. The van der Waals surface area contributed by atoms with E-state index < -0.39 is 0 Å². The van der Waals surface area contributed by atoms with Gasteiger partial charge in [0.1, 0.15) is 5.82 Å². The summed E-state index contributed by atoms with van der Waals surface area (Å²) in [6.07, 6.45) is 7.89. The van der Waals surface area contributed by atoms with E-state index in [2.05, 4.69) is 25.0 Å². The first-order valence-corrected chi connectivity index (χ1v) is 6.79. The van der Waals surface area contributed by atoms with Crippen LogP contribution >= 0.6 is 0 Å². The first-order valence-electron chi connectivity index (χ1n) is 6.79. The molecule has 1 saturated heterocycles. The van der Waals surface area contributed by atoms with Gasteiger partial charge < -0.3 is 4.90 Å². The maximum Gasteiger partial charge on any atom is 0.252 e. The second kappa shape index (κ2) is 4.56. The Labute approximate surface area is 116 Å². The predicted molar refractivity (Wildman–Crippen MR) is 75.5 cm³/mol. The molecule has 1 fully saturated rings. The molecule has 1 aliphatic rings. The van der Waals surface area contributed by atoms with Crippen molar-refractivity contribution in [2.45, 2.75) is 12.8 Å². The van der Waals surface area contributed by atoms with Crippen molar-refractivity contribution in [3.8, 4) is 11.4 Å². The Bertz CT molecular complexity index is 694. The molecular weight excluding hydrogens is 252 g/mol. The van der Waals surface area contributed by atoms with Crippen LogP contribution in [0, 0.1) is 0 Å². The maximum atomic E-state index is 4.52. The summed E-state index contributed by atoms with van der Waals surface area (Å²) in [6, 6.07) is 5.90. The standard InChI is InChI=1S/C14H14N6/c1-2-8-19(7-1)12-5-4-11(10-16-12)13-17-14-15-6-3-9-20(14)18-13/h3-6,9-10H,1-2,7-8H2. The zero-order valence-electron chi connectivity index (χ0n) is 11.0. The van der Waals surface area contributed by atoms with Crippen molar-refractivity contribution in [1.82, 2.24) is 24.6 Å². The van der Waals surface area contributed by atoms with E-state index in [1.807, 2.05) is 30.6 Å². The van der Waals surface area contributed by atoms with E-state index in [0.29, 0.717) is 11.6 Å². The second-order valence-corrected chi connectivity index (χ2v) is 4.90. The van der Waals surface area contributed by atoms with Crippen molar-refractivity contribution < 1.29 is 0 Å². The van der Waals surface area contributed by atoms with Crippen molar-refractivity contribution in [3.63, 3.8) is 0 Å². The van der Waals surface area contributed by atoms with Crippen LogP contribution in [0.25, 0.3) is 17.2 Å². The van der Waals surface area contributed by atoms with Crippen LogP contribution in [0.15, 0.2) is 36.8 Å². The lowest BCUT2D eigenvalue weighted by molar-refractivity contribution is 0.933. The molecule has 20 heavy (non-hydrogen) atoms. The zero-order chi connectivity index (χ0) is 13.4. The van der Waals surface area contributed by atoms with Gasteiger partial charge in [0.25, 0.3) is 5.78 Å². The highest BCUT2D eigenvalue weighted by Gasteiger charge is 2.14. The highest BCUT2D eigenvalue weighted by atomic mass is 15.3. The van der Waals surface area contributed by atoms with Gasteiger partial charge in [-0.2, -0.15) is 4.98 Å². The molecule has 0 unspecified atom stereocenters. The summed E-state index contributed by atoms with van der Waals surface area (Å²) in [6.45, 7) is 2.20. The number of hydrogen-bond acceptors (Lipinski definition) is 5. The third-order valence-corrected chi connectivity index (χ3v) is 3.55. The van der Waals surface area contributed by atoms with Crippen molar-refractivity contribution in [2.75, 3.05) is 18.0 Å². The van der Waals surface area contributed by atoms with E-state index in [-0.39, 0.29) is 0 Å². The Kier molecular flexibility index (Phi) is 2.58. The number of fused-ring (bicyclic) bond motifs is 1. The van der Waals surface area contributed by atoms with E-state index in [9.17, 15) is 0 Å². The summed E-state index contributed by atoms with van der Waals surface area (Å²) in [7, 11) is 0.